The number of hydrogen-bond donors (Lipinski definition) is 1. The molecule has 0 bridgehead atoms. The van der Waals surface area contributed by atoms with Gasteiger partial charge in [0.2, 0.25) is 0 Å². The van der Waals surface area contributed by atoms with Crippen LogP contribution in [0.1, 0.15) is 11.1 Å². The van der Waals surface area contributed by atoms with Gasteiger partial charge in [0, 0.05) is 21.8 Å². The van der Waals surface area contributed by atoms with E-state index in [1.54, 1.807) is 36.4 Å². The SMILES string of the molecule is Nc1cc(Cl)ccc1COCc1ccccc1F. The molecular weight excluding hydrogens is 253 g/mol. The van der Waals surface area contributed by atoms with Crippen molar-refractivity contribution in [3.05, 3.63) is 64.4 Å². The minimum atomic E-state index is -0.262. The predicted octanol–water partition coefficient (Wildman–Crippen LogP) is 3.78. The first-order chi connectivity index (χ1) is 8.66. The van der Waals surface area contributed by atoms with Gasteiger partial charge >= 0.3 is 0 Å². The summed E-state index contributed by atoms with van der Waals surface area (Å²) >= 11 is 5.80. The highest BCUT2D eigenvalue weighted by atomic mass is 35.5. The molecule has 0 heterocycles. The maximum atomic E-state index is 13.3. The van der Waals surface area contributed by atoms with E-state index >= 15 is 0 Å². The van der Waals surface area contributed by atoms with Crippen molar-refractivity contribution in [2.75, 3.05) is 5.73 Å². The van der Waals surface area contributed by atoms with Crippen molar-refractivity contribution in [2.24, 2.45) is 0 Å². The zero-order valence-electron chi connectivity index (χ0n) is 9.70. The van der Waals surface area contributed by atoms with Crippen LogP contribution in [-0.4, -0.2) is 0 Å². The largest absolute Gasteiger partial charge is 0.398 e. The molecule has 0 atom stereocenters. The lowest BCUT2D eigenvalue weighted by Gasteiger charge is -2.08. The normalized spacial score (nSPS) is 10.6. The fourth-order valence-electron chi connectivity index (χ4n) is 1.58. The third-order valence-electron chi connectivity index (χ3n) is 2.58. The minimum absolute atomic E-state index is 0.217. The summed E-state index contributed by atoms with van der Waals surface area (Å²) in [4.78, 5) is 0. The monoisotopic (exact) mass is 265 g/mol. The molecule has 2 N–H and O–H groups in total. The van der Waals surface area contributed by atoms with Gasteiger partial charge in [0.15, 0.2) is 0 Å². The van der Waals surface area contributed by atoms with Gasteiger partial charge in [-0.3, -0.25) is 0 Å². The van der Waals surface area contributed by atoms with E-state index in [1.807, 2.05) is 0 Å². The molecule has 0 unspecified atom stereocenters. The molecule has 2 aromatic carbocycles. The third kappa shape index (κ3) is 3.22. The van der Waals surface area contributed by atoms with Crippen molar-refractivity contribution >= 4 is 17.3 Å². The smallest absolute Gasteiger partial charge is 0.128 e. The number of rotatable bonds is 4. The van der Waals surface area contributed by atoms with Gasteiger partial charge in [-0.25, -0.2) is 4.39 Å². The molecule has 0 radical (unpaired) electrons. The van der Waals surface area contributed by atoms with Gasteiger partial charge in [-0.1, -0.05) is 35.9 Å². The van der Waals surface area contributed by atoms with Gasteiger partial charge in [-0.05, 0) is 18.2 Å². The molecule has 0 amide bonds. The van der Waals surface area contributed by atoms with Crippen LogP contribution >= 0.6 is 11.6 Å². The lowest BCUT2D eigenvalue weighted by molar-refractivity contribution is 0.105. The molecule has 0 spiro atoms. The maximum Gasteiger partial charge on any atom is 0.128 e. The summed E-state index contributed by atoms with van der Waals surface area (Å²) in [6.07, 6.45) is 0. The third-order valence-corrected chi connectivity index (χ3v) is 2.82. The lowest BCUT2D eigenvalue weighted by atomic mass is 10.2. The molecule has 2 nitrogen and oxygen atoms in total. The molecule has 0 fully saturated rings. The highest BCUT2D eigenvalue weighted by molar-refractivity contribution is 6.30. The second kappa shape index (κ2) is 5.85. The zero-order valence-corrected chi connectivity index (χ0v) is 10.5. The number of ether oxygens (including phenoxy) is 1. The maximum absolute atomic E-state index is 13.3. The van der Waals surface area contributed by atoms with E-state index in [9.17, 15) is 4.39 Å². The quantitative estimate of drug-likeness (QED) is 0.854. The zero-order chi connectivity index (χ0) is 13.0. The van der Waals surface area contributed by atoms with E-state index in [1.165, 1.54) is 6.07 Å². The Morgan fingerprint density at radius 1 is 1.06 bits per heavy atom. The minimum Gasteiger partial charge on any atom is -0.398 e. The number of halogens is 2. The summed E-state index contributed by atoms with van der Waals surface area (Å²) in [5, 5.41) is 0.588. The van der Waals surface area contributed by atoms with E-state index in [-0.39, 0.29) is 12.4 Å². The Hall–Kier alpha value is -1.58. The molecule has 0 aliphatic heterocycles. The average Bonchev–Trinajstić information content (AvgIpc) is 2.34. The number of nitrogen functional groups attached to an aromatic ring is 1. The molecule has 2 rings (SSSR count). The van der Waals surface area contributed by atoms with Gasteiger partial charge in [-0.15, -0.1) is 0 Å². The summed E-state index contributed by atoms with van der Waals surface area (Å²) < 4.78 is 18.8. The Labute approximate surface area is 110 Å². The van der Waals surface area contributed by atoms with Gasteiger partial charge < -0.3 is 10.5 Å². The number of nitrogens with two attached hydrogens (primary N) is 1. The van der Waals surface area contributed by atoms with Gasteiger partial charge in [0.25, 0.3) is 0 Å². The molecule has 0 aliphatic carbocycles. The molecular formula is C14H13ClFNO. The molecule has 0 aromatic heterocycles. The molecule has 94 valence electrons. The molecule has 0 saturated carbocycles. The van der Waals surface area contributed by atoms with Crippen LogP contribution in [0.25, 0.3) is 0 Å². The van der Waals surface area contributed by atoms with Crippen LogP contribution in [-0.2, 0) is 18.0 Å². The number of hydrogen-bond acceptors (Lipinski definition) is 2. The Morgan fingerprint density at radius 3 is 2.50 bits per heavy atom. The van der Waals surface area contributed by atoms with Crippen LogP contribution in [0.2, 0.25) is 5.02 Å². The summed E-state index contributed by atoms with van der Waals surface area (Å²) in [5.74, 6) is -0.262. The van der Waals surface area contributed by atoms with Crippen LogP contribution in [0.15, 0.2) is 42.5 Å². The molecule has 18 heavy (non-hydrogen) atoms. The van der Waals surface area contributed by atoms with E-state index in [4.69, 9.17) is 22.1 Å². The highest BCUT2D eigenvalue weighted by Gasteiger charge is 2.03. The van der Waals surface area contributed by atoms with E-state index in [0.29, 0.717) is 22.9 Å². The van der Waals surface area contributed by atoms with Crippen molar-refractivity contribution in [3.8, 4) is 0 Å². The summed E-state index contributed by atoms with van der Waals surface area (Å²) in [6, 6.07) is 11.8. The fraction of sp³-hybridized carbons (Fsp3) is 0.143. The van der Waals surface area contributed by atoms with Crippen LogP contribution in [0, 0.1) is 5.82 Å². The van der Waals surface area contributed by atoms with Gasteiger partial charge in [0.1, 0.15) is 5.82 Å². The summed E-state index contributed by atoms with van der Waals surface area (Å²) in [5.41, 5.74) is 7.75. The first kappa shape index (κ1) is 12.9. The number of anilines is 1. The molecule has 0 saturated heterocycles. The van der Waals surface area contributed by atoms with Crippen LogP contribution in [0.4, 0.5) is 10.1 Å². The number of benzene rings is 2. The first-order valence-corrected chi connectivity index (χ1v) is 5.89. The fourth-order valence-corrected chi connectivity index (χ4v) is 1.76. The van der Waals surface area contributed by atoms with E-state index in [0.717, 1.165) is 5.56 Å². The molecule has 0 aliphatic rings. The van der Waals surface area contributed by atoms with E-state index in [2.05, 4.69) is 0 Å². The second-order valence-electron chi connectivity index (χ2n) is 3.93. The average molecular weight is 266 g/mol. The standard InChI is InChI=1S/C14H13ClFNO/c15-12-6-5-11(14(17)7-12)9-18-8-10-3-1-2-4-13(10)16/h1-7H,8-9,17H2. The van der Waals surface area contributed by atoms with Crippen molar-refractivity contribution in [1.82, 2.24) is 0 Å². The van der Waals surface area contributed by atoms with Crippen molar-refractivity contribution in [3.63, 3.8) is 0 Å². The predicted molar refractivity (Wildman–Crippen MR) is 70.8 cm³/mol. The van der Waals surface area contributed by atoms with Crippen LogP contribution in [0.5, 0.6) is 0 Å². The first-order valence-electron chi connectivity index (χ1n) is 5.52. The summed E-state index contributed by atoms with van der Waals surface area (Å²) in [6.45, 7) is 0.548. The van der Waals surface area contributed by atoms with Crippen molar-refractivity contribution in [1.29, 1.82) is 0 Å². The van der Waals surface area contributed by atoms with Crippen LogP contribution in [0.3, 0.4) is 0 Å². The Balaban J connectivity index is 1.95. The molecule has 4 heteroatoms. The summed E-state index contributed by atoms with van der Waals surface area (Å²) in [7, 11) is 0. The highest BCUT2D eigenvalue weighted by Crippen LogP contribution is 2.19. The van der Waals surface area contributed by atoms with Crippen LogP contribution < -0.4 is 5.73 Å². The van der Waals surface area contributed by atoms with Crippen molar-refractivity contribution < 1.29 is 9.13 Å². The van der Waals surface area contributed by atoms with E-state index < -0.39 is 0 Å². The second-order valence-corrected chi connectivity index (χ2v) is 4.36. The van der Waals surface area contributed by atoms with Gasteiger partial charge in [-0.2, -0.15) is 0 Å². The topological polar surface area (TPSA) is 35.2 Å². The Bertz CT molecular complexity index is 545. The molecule has 2 aromatic rings. The Kier molecular flexibility index (Phi) is 4.18. The lowest BCUT2D eigenvalue weighted by Crippen LogP contribution is -1.99. The Morgan fingerprint density at radius 2 is 1.78 bits per heavy atom. The van der Waals surface area contributed by atoms with Crippen molar-refractivity contribution in [2.45, 2.75) is 13.2 Å². The van der Waals surface area contributed by atoms with Gasteiger partial charge in [0.05, 0.1) is 13.2 Å².